The highest BCUT2D eigenvalue weighted by Gasteiger charge is 2.35. The van der Waals surface area contributed by atoms with Crippen molar-refractivity contribution in [3.63, 3.8) is 0 Å². The normalized spacial score (nSPS) is 17.2. The molecule has 3 rings (SSSR count). The maximum absolute atomic E-state index is 12.4. The van der Waals surface area contributed by atoms with Gasteiger partial charge in [-0.15, -0.1) is 11.3 Å². The number of thiophene rings is 1. The van der Waals surface area contributed by atoms with Gasteiger partial charge in [-0.1, -0.05) is 11.2 Å². The fraction of sp³-hybridized carbons (Fsp3) is 0.333. The lowest BCUT2D eigenvalue weighted by atomic mass is 10.3. The number of anilines is 1. The fourth-order valence-electron chi connectivity index (χ4n) is 2.63. The Morgan fingerprint density at radius 1 is 1.42 bits per heavy atom. The molecule has 8 nitrogen and oxygen atoms in total. The molecule has 0 spiro atoms. The van der Waals surface area contributed by atoms with Crippen LogP contribution in [0.25, 0.3) is 10.4 Å². The van der Waals surface area contributed by atoms with Crippen LogP contribution in [0.15, 0.2) is 45.8 Å². The number of hydrogen-bond donors (Lipinski definition) is 0. The smallest absolute Gasteiger partial charge is 0.322 e. The molecule has 1 aliphatic rings. The Hall–Kier alpha value is -2.77. The predicted molar refractivity (Wildman–Crippen MR) is 92.4 cm³/mol. The summed E-state index contributed by atoms with van der Waals surface area (Å²) in [5.41, 5.74) is 9.35. The lowest BCUT2D eigenvalue weighted by Crippen LogP contribution is -2.32. The van der Waals surface area contributed by atoms with Crippen LogP contribution < -0.4 is 10.5 Å². The summed E-state index contributed by atoms with van der Waals surface area (Å²) in [6.45, 7) is 1.21. The van der Waals surface area contributed by atoms with Gasteiger partial charge >= 0.3 is 6.03 Å². The van der Waals surface area contributed by atoms with Gasteiger partial charge in [0.05, 0.1) is 17.6 Å². The Balaban J connectivity index is 1.76. The van der Waals surface area contributed by atoms with E-state index in [1.807, 2.05) is 17.5 Å². The number of azide groups is 1. The second kappa shape index (κ2) is 6.77. The van der Waals surface area contributed by atoms with Gasteiger partial charge in [-0.05, 0) is 28.6 Å². The average Bonchev–Trinajstić information content (AvgIpc) is 3.14. The number of amides is 2. The Morgan fingerprint density at radius 2 is 2.25 bits per heavy atom. The minimum absolute atomic E-state index is 0.0586. The lowest BCUT2D eigenvalue weighted by molar-refractivity contribution is 0.220. The molecule has 0 aliphatic carbocycles. The molecule has 1 fully saturated rings. The van der Waals surface area contributed by atoms with Crippen molar-refractivity contribution in [3.8, 4) is 0 Å². The molecule has 0 unspecified atom stereocenters. The van der Waals surface area contributed by atoms with Crippen molar-refractivity contribution in [3.05, 3.63) is 62.2 Å². The molecule has 2 amide bonds. The molecule has 0 saturated carbocycles. The summed E-state index contributed by atoms with van der Waals surface area (Å²) in [6, 6.07) is 6.72. The number of carbonyl (C=O) groups excluding carboxylic acids is 1. The number of hydrogen-bond acceptors (Lipinski definition) is 4. The van der Waals surface area contributed by atoms with Crippen LogP contribution in [-0.2, 0) is 6.54 Å². The second-order valence-corrected chi connectivity index (χ2v) is 6.42. The number of rotatable bonds is 5. The SMILES string of the molecule is CN1C(=O)N(c2cc(Cn3ccccc3=O)cs2)C[C@H]1CN=[N+]=[N-]. The standard InChI is InChI=1S/C15H16N6O2S/c1-19-12(7-17-18-16)9-21(15(19)23)14-6-11(10-24-14)8-20-5-3-2-4-13(20)22/h2-6,10,12H,7-9H2,1H3/t12-/m1/s1. The quantitative estimate of drug-likeness (QED) is 0.473. The maximum Gasteiger partial charge on any atom is 0.325 e. The molecule has 2 aromatic rings. The molecule has 1 atom stereocenters. The van der Waals surface area contributed by atoms with Crippen LogP contribution in [0, 0.1) is 0 Å². The summed E-state index contributed by atoms with van der Waals surface area (Å²) < 4.78 is 1.62. The van der Waals surface area contributed by atoms with E-state index in [1.54, 1.807) is 33.7 Å². The minimum Gasteiger partial charge on any atom is -0.322 e. The van der Waals surface area contributed by atoms with Crippen molar-refractivity contribution in [2.24, 2.45) is 5.11 Å². The number of likely N-dealkylation sites (N-methyl/N-ethyl adjacent to an activating group) is 1. The monoisotopic (exact) mass is 344 g/mol. The van der Waals surface area contributed by atoms with Gasteiger partial charge in [0.15, 0.2) is 0 Å². The fourth-order valence-corrected chi connectivity index (χ4v) is 3.54. The highest BCUT2D eigenvalue weighted by atomic mass is 32.1. The molecular formula is C15H16N6O2S. The zero-order valence-electron chi connectivity index (χ0n) is 13.1. The van der Waals surface area contributed by atoms with Gasteiger partial charge in [-0.25, -0.2) is 4.79 Å². The first-order valence-corrected chi connectivity index (χ1v) is 8.26. The Kier molecular flexibility index (Phi) is 4.54. The molecule has 0 N–H and O–H groups in total. The maximum atomic E-state index is 12.4. The minimum atomic E-state index is -0.129. The van der Waals surface area contributed by atoms with E-state index in [4.69, 9.17) is 5.53 Å². The van der Waals surface area contributed by atoms with E-state index in [-0.39, 0.29) is 24.2 Å². The number of carbonyl (C=O) groups is 1. The lowest BCUT2D eigenvalue weighted by Gasteiger charge is -2.14. The van der Waals surface area contributed by atoms with E-state index >= 15 is 0 Å². The van der Waals surface area contributed by atoms with Crippen LogP contribution in [0.4, 0.5) is 9.80 Å². The number of urea groups is 1. The Morgan fingerprint density at radius 3 is 3.00 bits per heavy atom. The number of pyridine rings is 1. The Bertz CT molecular complexity index is 853. The van der Waals surface area contributed by atoms with Crippen LogP contribution in [0.3, 0.4) is 0 Å². The first kappa shape index (κ1) is 16.1. The molecular weight excluding hydrogens is 328 g/mol. The van der Waals surface area contributed by atoms with Crippen molar-refractivity contribution in [1.29, 1.82) is 0 Å². The zero-order chi connectivity index (χ0) is 17.1. The van der Waals surface area contributed by atoms with Gasteiger partial charge in [0.25, 0.3) is 5.56 Å². The third kappa shape index (κ3) is 3.12. The molecule has 3 heterocycles. The summed E-state index contributed by atoms with van der Waals surface area (Å²) in [4.78, 5) is 30.2. The van der Waals surface area contributed by atoms with Crippen LogP contribution in [-0.4, -0.2) is 41.7 Å². The van der Waals surface area contributed by atoms with E-state index in [9.17, 15) is 9.59 Å². The van der Waals surface area contributed by atoms with E-state index in [0.29, 0.717) is 13.1 Å². The first-order chi connectivity index (χ1) is 11.6. The second-order valence-electron chi connectivity index (χ2n) is 5.53. The van der Waals surface area contributed by atoms with E-state index in [2.05, 4.69) is 10.0 Å². The van der Waals surface area contributed by atoms with E-state index < -0.39 is 0 Å². The van der Waals surface area contributed by atoms with Crippen molar-refractivity contribution >= 4 is 22.4 Å². The van der Waals surface area contributed by atoms with Crippen molar-refractivity contribution < 1.29 is 4.79 Å². The van der Waals surface area contributed by atoms with Gasteiger partial charge in [-0.2, -0.15) is 0 Å². The largest absolute Gasteiger partial charge is 0.325 e. The topological polar surface area (TPSA) is 94.3 Å². The molecule has 124 valence electrons. The third-order valence-corrected chi connectivity index (χ3v) is 4.99. The van der Waals surface area contributed by atoms with Crippen LogP contribution in [0.5, 0.6) is 0 Å². The van der Waals surface area contributed by atoms with Gasteiger partial charge < -0.3 is 9.47 Å². The summed E-state index contributed by atoms with van der Waals surface area (Å²) in [5, 5.41) is 6.34. The van der Waals surface area contributed by atoms with Gasteiger partial charge in [-0.3, -0.25) is 9.69 Å². The molecule has 0 bridgehead atoms. The molecule has 0 aromatic carbocycles. The van der Waals surface area contributed by atoms with Gasteiger partial charge in [0.1, 0.15) is 0 Å². The molecule has 0 radical (unpaired) electrons. The van der Waals surface area contributed by atoms with Crippen molar-refractivity contribution in [1.82, 2.24) is 9.47 Å². The van der Waals surface area contributed by atoms with Gasteiger partial charge in [0.2, 0.25) is 0 Å². The summed E-state index contributed by atoms with van der Waals surface area (Å²) in [6.07, 6.45) is 1.74. The van der Waals surface area contributed by atoms with Gasteiger partial charge in [0, 0.05) is 37.3 Å². The third-order valence-electron chi connectivity index (χ3n) is 3.99. The molecule has 2 aromatic heterocycles. The van der Waals surface area contributed by atoms with Crippen LogP contribution >= 0.6 is 11.3 Å². The summed E-state index contributed by atoms with van der Waals surface area (Å²) in [5.74, 6) is 0. The Labute approximate surface area is 142 Å². The predicted octanol–water partition coefficient (Wildman–Crippen LogP) is 2.51. The number of nitrogens with zero attached hydrogens (tertiary/aromatic N) is 6. The highest BCUT2D eigenvalue weighted by Crippen LogP contribution is 2.30. The number of aromatic nitrogens is 1. The first-order valence-electron chi connectivity index (χ1n) is 7.38. The van der Waals surface area contributed by atoms with Crippen LogP contribution in [0.2, 0.25) is 0 Å². The van der Waals surface area contributed by atoms with Crippen molar-refractivity contribution in [2.45, 2.75) is 12.6 Å². The van der Waals surface area contributed by atoms with Crippen molar-refractivity contribution in [2.75, 3.05) is 25.0 Å². The molecule has 24 heavy (non-hydrogen) atoms. The summed E-state index contributed by atoms with van der Waals surface area (Å²) in [7, 11) is 1.71. The molecule has 1 aliphatic heterocycles. The highest BCUT2D eigenvalue weighted by molar-refractivity contribution is 7.14. The zero-order valence-corrected chi connectivity index (χ0v) is 13.9. The molecule has 9 heteroatoms. The van der Waals surface area contributed by atoms with E-state index in [1.165, 1.54) is 17.4 Å². The van der Waals surface area contributed by atoms with Crippen LogP contribution in [0.1, 0.15) is 5.56 Å². The summed E-state index contributed by atoms with van der Waals surface area (Å²) >= 11 is 1.46. The van der Waals surface area contributed by atoms with E-state index in [0.717, 1.165) is 10.6 Å². The average molecular weight is 344 g/mol. The molecule has 1 saturated heterocycles.